The number of halogens is 2. The highest BCUT2D eigenvalue weighted by Gasteiger charge is 2.18. The van der Waals surface area contributed by atoms with Gasteiger partial charge in [-0.05, 0) is 48.7 Å². The molecule has 1 aliphatic carbocycles. The standard InChI is InChI=1S/C21H18Cl2N2O/c1-13-6-7-15(8-13)21-24-19-10-17(22)18(23)11-20(19)25(21)12-14-4-3-5-16(9-14)26-2/h3-7,9-11H,8,12H2,1-2H3. The molecule has 0 N–H and O–H groups in total. The van der Waals surface area contributed by atoms with Crippen LogP contribution in [0.4, 0.5) is 0 Å². The van der Waals surface area contributed by atoms with Crippen LogP contribution in [-0.2, 0) is 6.54 Å². The minimum Gasteiger partial charge on any atom is -0.497 e. The minimum atomic E-state index is 0.520. The Hall–Kier alpha value is -2.23. The Labute approximate surface area is 162 Å². The molecule has 0 spiro atoms. The van der Waals surface area contributed by atoms with Crippen LogP contribution in [0.3, 0.4) is 0 Å². The van der Waals surface area contributed by atoms with Gasteiger partial charge in [0.1, 0.15) is 11.6 Å². The molecule has 3 aromatic rings. The zero-order valence-corrected chi connectivity index (χ0v) is 16.1. The number of rotatable bonds is 4. The average Bonchev–Trinajstić information content (AvgIpc) is 3.20. The fourth-order valence-electron chi connectivity index (χ4n) is 3.29. The topological polar surface area (TPSA) is 27.1 Å². The summed E-state index contributed by atoms with van der Waals surface area (Å²) in [5, 5.41) is 1.05. The Balaban J connectivity index is 1.86. The molecule has 0 saturated carbocycles. The number of benzene rings is 2. The number of aromatic nitrogens is 2. The fraction of sp³-hybridized carbons (Fsp3) is 0.190. The van der Waals surface area contributed by atoms with E-state index in [-0.39, 0.29) is 0 Å². The van der Waals surface area contributed by atoms with E-state index in [1.807, 2.05) is 30.3 Å². The third kappa shape index (κ3) is 3.13. The van der Waals surface area contributed by atoms with Crippen molar-refractivity contribution in [2.24, 2.45) is 0 Å². The predicted octanol–water partition coefficient (Wildman–Crippen LogP) is 6.13. The van der Waals surface area contributed by atoms with Gasteiger partial charge in [-0.2, -0.15) is 0 Å². The van der Waals surface area contributed by atoms with Crippen molar-refractivity contribution in [1.82, 2.24) is 9.55 Å². The van der Waals surface area contributed by atoms with Gasteiger partial charge in [0.05, 0.1) is 28.2 Å². The fourth-order valence-corrected chi connectivity index (χ4v) is 3.61. The number of fused-ring (bicyclic) bond motifs is 1. The van der Waals surface area contributed by atoms with Crippen molar-refractivity contribution in [3.63, 3.8) is 0 Å². The van der Waals surface area contributed by atoms with E-state index < -0.39 is 0 Å². The van der Waals surface area contributed by atoms with Crippen molar-refractivity contribution >= 4 is 39.8 Å². The molecule has 3 nitrogen and oxygen atoms in total. The maximum Gasteiger partial charge on any atom is 0.137 e. The van der Waals surface area contributed by atoms with Crippen molar-refractivity contribution in [3.8, 4) is 5.75 Å². The number of hydrogen-bond acceptors (Lipinski definition) is 2. The lowest BCUT2D eigenvalue weighted by atomic mass is 10.1. The van der Waals surface area contributed by atoms with Crippen LogP contribution in [0.25, 0.3) is 16.6 Å². The molecular weight excluding hydrogens is 367 g/mol. The van der Waals surface area contributed by atoms with E-state index in [0.29, 0.717) is 16.6 Å². The Morgan fingerprint density at radius 3 is 2.65 bits per heavy atom. The number of hydrogen-bond donors (Lipinski definition) is 0. The van der Waals surface area contributed by atoms with Gasteiger partial charge in [-0.15, -0.1) is 0 Å². The molecule has 0 unspecified atom stereocenters. The van der Waals surface area contributed by atoms with Gasteiger partial charge < -0.3 is 9.30 Å². The van der Waals surface area contributed by atoms with Gasteiger partial charge in [0, 0.05) is 6.54 Å². The molecule has 0 aliphatic heterocycles. The molecule has 5 heteroatoms. The Bertz CT molecular complexity index is 1060. The molecular formula is C21H18Cl2N2O. The molecule has 4 rings (SSSR count). The van der Waals surface area contributed by atoms with Crippen LogP contribution in [0.15, 0.2) is 54.1 Å². The highest BCUT2D eigenvalue weighted by molar-refractivity contribution is 6.42. The van der Waals surface area contributed by atoms with E-state index in [0.717, 1.165) is 34.6 Å². The van der Waals surface area contributed by atoms with Gasteiger partial charge in [-0.25, -0.2) is 4.98 Å². The van der Waals surface area contributed by atoms with Gasteiger partial charge in [0.25, 0.3) is 0 Å². The van der Waals surface area contributed by atoms with Crippen LogP contribution >= 0.6 is 23.2 Å². The largest absolute Gasteiger partial charge is 0.497 e. The van der Waals surface area contributed by atoms with E-state index in [2.05, 4.69) is 29.7 Å². The number of imidazole rings is 1. The van der Waals surface area contributed by atoms with Gasteiger partial charge in [-0.3, -0.25) is 0 Å². The SMILES string of the molecule is COc1cccc(Cn2c(C3=CC=C(C)C3)nc3cc(Cl)c(Cl)cc32)c1. The molecule has 1 aromatic heterocycles. The van der Waals surface area contributed by atoms with Crippen LogP contribution in [0.2, 0.25) is 10.0 Å². The summed E-state index contributed by atoms with van der Waals surface area (Å²) < 4.78 is 7.56. The summed E-state index contributed by atoms with van der Waals surface area (Å²) >= 11 is 12.5. The molecule has 0 fully saturated rings. The average molecular weight is 385 g/mol. The molecule has 1 heterocycles. The van der Waals surface area contributed by atoms with Crippen molar-refractivity contribution in [2.75, 3.05) is 7.11 Å². The Morgan fingerprint density at radius 1 is 1.12 bits per heavy atom. The number of allylic oxidation sites excluding steroid dienone is 4. The van der Waals surface area contributed by atoms with E-state index >= 15 is 0 Å². The first kappa shape index (κ1) is 17.2. The third-order valence-electron chi connectivity index (χ3n) is 4.59. The number of ether oxygens (including phenoxy) is 1. The van der Waals surface area contributed by atoms with Crippen molar-refractivity contribution in [2.45, 2.75) is 19.9 Å². The maximum absolute atomic E-state index is 6.28. The molecule has 26 heavy (non-hydrogen) atoms. The van der Waals surface area contributed by atoms with Gasteiger partial charge in [-0.1, -0.05) is 53.1 Å². The summed E-state index contributed by atoms with van der Waals surface area (Å²) in [6.45, 7) is 2.81. The highest BCUT2D eigenvalue weighted by atomic mass is 35.5. The second kappa shape index (κ2) is 6.82. The molecule has 0 amide bonds. The smallest absolute Gasteiger partial charge is 0.137 e. The molecule has 0 atom stereocenters. The number of nitrogens with zero attached hydrogens (tertiary/aromatic N) is 2. The van der Waals surface area contributed by atoms with Crippen LogP contribution in [-0.4, -0.2) is 16.7 Å². The lowest BCUT2D eigenvalue weighted by molar-refractivity contribution is 0.414. The summed E-state index contributed by atoms with van der Waals surface area (Å²) in [4.78, 5) is 4.86. The molecule has 132 valence electrons. The summed E-state index contributed by atoms with van der Waals surface area (Å²) in [5.74, 6) is 1.79. The van der Waals surface area contributed by atoms with Gasteiger partial charge in [0.2, 0.25) is 0 Å². The second-order valence-electron chi connectivity index (χ2n) is 6.51. The predicted molar refractivity (Wildman–Crippen MR) is 108 cm³/mol. The Kier molecular flexibility index (Phi) is 4.51. The summed E-state index contributed by atoms with van der Waals surface area (Å²) in [5.41, 5.74) is 5.49. The zero-order valence-electron chi connectivity index (χ0n) is 14.6. The van der Waals surface area contributed by atoms with E-state index in [4.69, 9.17) is 32.9 Å². The maximum atomic E-state index is 6.28. The van der Waals surface area contributed by atoms with Gasteiger partial charge >= 0.3 is 0 Å². The van der Waals surface area contributed by atoms with Crippen LogP contribution in [0, 0.1) is 0 Å². The van der Waals surface area contributed by atoms with Crippen molar-refractivity contribution < 1.29 is 4.74 Å². The van der Waals surface area contributed by atoms with Crippen molar-refractivity contribution in [3.05, 3.63) is 75.6 Å². The first-order valence-electron chi connectivity index (χ1n) is 8.40. The van der Waals surface area contributed by atoms with Crippen LogP contribution in [0.1, 0.15) is 24.7 Å². The normalized spacial score (nSPS) is 13.8. The van der Waals surface area contributed by atoms with E-state index in [1.165, 1.54) is 11.1 Å². The van der Waals surface area contributed by atoms with E-state index in [9.17, 15) is 0 Å². The monoisotopic (exact) mass is 384 g/mol. The quantitative estimate of drug-likeness (QED) is 0.540. The molecule has 2 aromatic carbocycles. The molecule has 0 saturated heterocycles. The first-order chi connectivity index (χ1) is 12.5. The second-order valence-corrected chi connectivity index (χ2v) is 7.32. The van der Waals surface area contributed by atoms with Crippen LogP contribution in [0.5, 0.6) is 5.75 Å². The Morgan fingerprint density at radius 2 is 1.92 bits per heavy atom. The molecule has 1 aliphatic rings. The summed E-state index contributed by atoms with van der Waals surface area (Å²) in [7, 11) is 1.68. The lowest BCUT2D eigenvalue weighted by Crippen LogP contribution is -2.05. The van der Waals surface area contributed by atoms with Gasteiger partial charge in [0.15, 0.2) is 0 Å². The molecule has 0 radical (unpaired) electrons. The number of methoxy groups -OCH3 is 1. The first-order valence-corrected chi connectivity index (χ1v) is 9.15. The minimum absolute atomic E-state index is 0.520. The highest BCUT2D eigenvalue weighted by Crippen LogP contribution is 2.34. The lowest BCUT2D eigenvalue weighted by Gasteiger charge is -2.12. The van der Waals surface area contributed by atoms with E-state index in [1.54, 1.807) is 7.11 Å². The van der Waals surface area contributed by atoms with Crippen molar-refractivity contribution in [1.29, 1.82) is 0 Å². The third-order valence-corrected chi connectivity index (χ3v) is 5.31. The summed E-state index contributed by atoms with van der Waals surface area (Å²) in [6, 6.07) is 11.8. The summed E-state index contributed by atoms with van der Waals surface area (Å²) in [6.07, 6.45) is 5.19. The zero-order chi connectivity index (χ0) is 18.3. The van der Waals surface area contributed by atoms with Crippen LogP contribution < -0.4 is 4.74 Å². The molecule has 0 bridgehead atoms.